The number of carbonyl (C=O) groups excluding carboxylic acids is 1. The van der Waals surface area contributed by atoms with E-state index in [2.05, 4.69) is 0 Å². The normalized spacial score (nSPS) is 25.1. The van der Waals surface area contributed by atoms with Crippen LogP contribution in [-0.2, 0) is 18.9 Å². The van der Waals surface area contributed by atoms with Crippen molar-refractivity contribution in [3.05, 3.63) is 36.4 Å². The zero-order valence-corrected chi connectivity index (χ0v) is 13.8. The minimum Gasteiger partial charge on any atom is -0.491 e. The quantitative estimate of drug-likeness (QED) is 0.778. The van der Waals surface area contributed by atoms with Gasteiger partial charge in [0.15, 0.2) is 6.10 Å². The Bertz CT molecular complexity index is 792. The highest BCUT2D eigenvalue weighted by atomic mass is 16.8. The lowest BCUT2D eigenvalue weighted by atomic mass is 10.1. The number of hydrogen-bond donors (Lipinski definition) is 1. The lowest BCUT2D eigenvalue weighted by molar-refractivity contribution is -0.205. The molecule has 4 rings (SSSR count). The van der Waals surface area contributed by atoms with Crippen molar-refractivity contribution in [2.45, 2.75) is 18.7 Å². The molecule has 3 unspecified atom stereocenters. The summed E-state index contributed by atoms with van der Waals surface area (Å²) in [5.74, 6) is 1.37. The number of fused-ring (bicyclic) bond motifs is 1. The Morgan fingerprint density at radius 3 is 2.73 bits per heavy atom. The van der Waals surface area contributed by atoms with Crippen molar-refractivity contribution in [2.24, 2.45) is 0 Å². The van der Waals surface area contributed by atoms with Crippen LogP contribution in [0.25, 0.3) is 10.8 Å². The molecule has 2 aliphatic heterocycles. The Labute approximate surface area is 149 Å². The van der Waals surface area contributed by atoms with Crippen molar-refractivity contribution in [1.29, 1.82) is 0 Å². The second kappa shape index (κ2) is 7.36. The summed E-state index contributed by atoms with van der Waals surface area (Å²) in [5, 5.41) is 11.0. The van der Waals surface area contributed by atoms with E-state index in [1.165, 1.54) is 0 Å². The van der Waals surface area contributed by atoms with E-state index in [4.69, 9.17) is 33.5 Å². The molecule has 138 valence electrons. The van der Waals surface area contributed by atoms with Gasteiger partial charge in [0.05, 0.1) is 6.61 Å². The largest absolute Gasteiger partial charge is 0.508 e. The summed E-state index contributed by atoms with van der Waals surface area (Å²) < 4.78 is 31.2. The number of benzene rings is 2. The van der Waals surface area contributed by atoms with Crippen LogP contribution in [0, 0.1) is 0 Å². The highest BCUT2D eigenvalue weighted by Crippen LogP contribution is 2.29. The summed E-state index contributed by atoms with van der Waals surface area (Å²) in [6, 6.07) is 11.3. The maximum atomic E-state index is 10.9. The first-order chi connectivity index (χ1) is 12.7. The molecule has 2 fully saturated rings. The first kappa shape index (κ1) is 16.9. The lowest BCUT2D eigenvalue weighted by Gasteiger charge is -2.13. The van der Waals surface area contributed by atoms with Crippen LogP contribution in [0.1, 0.15) is 0 Å². The number of aliphatic hydroxyl groups is 1. The van der Waals surface area contributed by atoms with Crippen molar-refractivity contribution < 1.29 is 38.3 Å². The van der Waals surface area contributed by atoms with Gasteiger partial charge in [-0.25, -0.2) is 4.79 Å². The molecule has 0 saturated carbocycles. The minimum absolute atomic E-state index is 0.198. The molecule has 2 aromatic carbocycles. The monoisotopic (exact) mass is 362 g/mol. The average Bonchev–Trinajstić information content (AvgIpc) is 3.26. The second-order valence-corrected chi connectivity index (χ2v) is 5.96. The molecule has 2 aliphatic rings. The molecule has 2 heterocycles. The second-order valence-electron chi connectivity index (χ2n) is 5.96. The number of ether oxygens (including phenoxy) is 6. The van der Waals surface area contributed by atoms with Crippen molar-refractivity contribution in [3.8, 4) is 11.5 Å². The van der Waals surface area contributed by atoms with Crippen molar-refractivity contribution in [3.63, 3.8) is 0 Å². The molecule has 8 heteroatoms. The van der Waals surface area contributed by atoms with Gasteiger partial charge in [-0.1, -0.05) is 12.1 Å². The van der Waals surface area contributed by atoms with Crippen LogP contribution in [0.5, 0.6) is 11.5 Å². The summed E-state index contributed by atoms with van der Waals surface area (Å²) in [4.78, 5) is 10.9. The zero-order chi connectivity index (χ0) is 17.9. The van der Waals surface area contributed by atoms with Gasteiger partial charge in [-0.2, -0.15) is 0 Å². The van der Waals surface area contributed by atoms with Crippen molar-refractivity contribution in [1.82, 2.24) is 0 Å². The molecule has 0 amide bonds. The van der Waals surface area contributed by atoms with E-state index >= 15 is 0 Å². The first-order valence-electron chi connectivity index (χ1n) is 8.24. The highest BCUT2D eigenvalue weighted by Gasteiger charge is 2.26. The van der Waals surface area contributed by atoms with E-state index in [1.807, 2.05) is 36.4 Å². The zero-order valence-electron chi connectivity index (χ0n) is 13.8. The van der Waals surface area contributed by atoms with Gasteiger partial charge in [-0.05, 0) is 29.7 Å². The summed E-state index contributed by atoms with van der Waals surface area (Å²) in [5.41, 5.74) is 0. The van der Waals surface area contributed by atoms with Crippen LogP contribution in [0.2, 0.25) is 0 Å². The fourth-order valence-electron chi connectivity index (χ4n) is 2.79. The molecule has 1 N–H and O–H groups in total. The number of carbonyl (C=O) groups is 1. The van der Waals surface area contributed by atoms with E-state index in [0.29, 0.717) is 18.1 Å². The molecular formula is C18H18O8. The van der Waals surface area contributed by atoms with Gasteiger partial charge in [-0.3, -0.25) is 0 Å². The standard InChI is InChI=1S/C18H18O8/c19-17-23-9-13(25-17)7-21-12-4-5-15-11(6-12)2-1-3-16(15)22-8-14-10-24-18(20)26-14/h1-6,13-14,17,19H,7-10H2. The number of rotatable bonds is 6. The molecule has 2 aromatic rings. The molecule has 0 aliphatic carbocycles. The maximum Gasteiger partial charge on any atom is 0.508 e. The molecule has 8 nitrogen and oxygen atoms in total. The van der Waals surface area contributed by atoms with Gasteiger partial charge in [0.1, 0.15) is 37.4 Å². The summed E-state index contributed by atoms with van der Waals surface area (Å²) in [6.07, 6.45) is -1.36. The van der Waals surface area contributed by atoms with Crippen LogP contribution < -0.4 is 9.47 Å². The van der Waals surface area contributed by atoms with E-state index in [9.17, 15) is 4.79 Å². The summed E-state index contributed by atoms with van der Waals surface area (Å²) in [6.45, 7) is -0.175. The lowest BCUT2D eigenvalue weighted by Crippen LogP contribution is -2.20. The van der Waals surface area contributed by atoms with E-state index in [-0.39, 0.29) is 25.9 Å². The number of aliphatic hydroxyl groups excluding tert-OH is 1. The molecule has 0 spiro atoms. The Morgan fingerprint density at radius 1 is 1.08 bits per heavy atom. The SMILES string of the molecule is O=C1OCC(COc2cccc3cc(OCC4COC(O)O4)ccc23)O1. The van der Waals surface area contributed by atoms with E-state index in [1.54, 1.807) is 0 Å². The van der Waals surface area contributed by atoms with Crippen LogP contribution >= 0.6 is 0 Å². The molecule has 0 bridgehead atoms. The topological polar surface area (TPSA) is 92.7 Å². The predicted octanol–water partition coefficient (Wildman–Crippen LogP) is 1.82. The van der Waals surface area contributed by atoms with Crippen molar-refractivity contribution in [2.75, 3.05) is 26.4 Å². The predicted molar refractivity (Wildman–Crippen MR) is 88.0 cm³/mol. The molecule has 3 atom stereocenters. The highest BCUT2D eigenvalue weighted by molar-refractivity contribution is 5.89. The van der Waals surface area contributed by atoms with Gasteiger partial charge in [0.25, 0.3) is 6.48 Å². The van der Waals surface area contributed by atoms with E-state index < -0.39 is 18.7 Å². The Morgan fingerprint density at radius 2 is 1.96 bits per heavy atom. The fourth-order valence-corrected chi connectivity index (χ4v) is 2.79. The van der Waals surface area contributed by atoms with Crippen LogP contribution in [-0.4, -0.2) is 56.4 Å². The average molecular weight is 362 g/mol. The third-order valence-corrected chi connectivity index (χ3v) is 4.06. The van der Waals surface area contributed by atoms with Gasteiger partial charge in [0, 0.05) is 5.39 Å². The molecular weight excluding hydrogens is 344 g/mol. The van der Waals surface area contributed by atoms with Crippen molar-refractivity contribution >= 4 is 16.9 Å². The van der Waals surface area contributed by atoms with Crippen LogP contribution in [0.15, 0.2) is 36.4 Å². The third kappa shape index (κ3) is 3.82. The van der Waals surface area contributed by atoms with Gasteiger partial charge in [0.2, 0.25) is 0 Å². The van der Waals surface area contributed by atoms with Gasteiger partial charge < -0.3 is 33.5 Å². The van der Waals surface area contributed by atoms with Crippen LogP contribution in [0.4, 0.5) is 4.79 Å². The van der Waals surface area contributed by atoms with Crippen LogP contribution in [0.3, 0.4) is 0 Å². The third-order valence-electron chi connectivity index (χ3n) is 4.06. The Balaban J connectivity index is 1.41. The minimum atomic E-state index is -1.18. The first-order valence-corrected chi connectivity index (χ1v) is 8.24. The Hall–Kier alpha value is -2.55. The summed E-state index contributed by atoms with van der Waals surface area (Å²) >= 11 is 0. The van der Waals surface area contributed by atoms with Gasteiger partial charge in [-0.15, -0.1) is 0 Å². The number of hydrogen-bond acceptors (Lipinski definition) is 8. The molecule has 26 heavy (non-hydrogen) atoms. The number of cyclic esters (lactones) is 2. The fraction of sp³-hybridized carbons (Fsp3) is 0.389. The maximum absolute atomic E-state index is 10.9. The van der Waals surface area contributed by atoms with Gasteiger partial charge >= 0.3 is 6.16 Å². The molecule has 2 saturated heterocycles. The smallest absolute Gasteiger partial charge is 0.491 e. The Kier molecular flexibility index (Phi) is 4.79. The molecule has 0 aromatic heterocycles. The molecule has 0 radical (unpaired) electrons. The van der Waals surface area contributed by atoms with E-state index in [0.717, 1.165) is 10.8 Å². The summed E-state index contributed by atoms with van der Waals surface area (Å²) in [7, 11) is 0.